The van der Waals surface area contributed by atoms with Crippen LogP contribution in [0.4, 0.5) is 0 Å². The molecule has 0 heterocycles. The van der Waals surface area contributed by atoms with E-state index in [4.69, 9.17) is 10.5 Å². The summed E-state index contributed by atoms with van der Waals surface area (Å²) in [5.41, 5.74) is 8.62. The molecule has 19 heavy (non-hydrogen) atoms. The number of nitrogens with two attached hydrogens (primary N) is 1. The first kappa shape index (κ1) is 14.4. The standard InChI is InChI=1S/C17H27NO/c1-12-4-6-14(11-18)15(8-12)10-16-9-13(2)5-7-17(16)19-3/h5,7,9,12,14-15H,4,6,8,10-11,18H2,1-3H3. The van der Waals surface area contributed by atoms with E-state index in [0.29, 0.717) is 11.8 Å². The molecule has 0 saturated heterocycles. The SMILES string of the molecule is COc1ccc(C)cc1CC1CC(C)CCC1CN. The average molecular weight is 261 g/mol. The number of ether oxygens (including phenoxy) is 1. The Bertz CT molecular complexity index is 416. The zero-order valence-corrected chi connectivity index (χ0v) is 12.5. The molecular formula is C17H27NO. The number of benzene rings is 1. The van der Waals surface area contributed by atoms with Crippen LogP contribution in [0.5, 0.6) is 5.75 Å². The first-order chi connectivity index (χ1) is 9.13. The molecule has 3 unspecified atom stereocenters. The van der Waals surface area contributed by atoms with Gasteiger partial charge in [-0.05, 0) is 62.1 Å². The van der Waals surface area contributed by atoms with E-state index in [-0.39, 0.29) is 0 Å². The molecule has 2 N–H and O–H groups in total. The van der Waals surface area contributed by atoms with Crippen molar-refractivity contribution in [2.75, 3.05) is 13.7 Å². The number of aryl methyl sites for hydroxylation is 1. The van der Waals surface area contributed by atoms with Gasteiger partial charge in [-0.25, -0.2) is 0 Å². The molecule has 0 aliphatic heterocycles. The largest absolute Gasteiger partial charge is 0.496 e. The molecule has 3 atom stereocenters. The van der Waals surface area contributed by atoms with E-state index >= 15 is 0 Å². The Hall–Kier alpha value is -1.02. The summed E-state index contributed by atoms with van der Waals surface area (Å²) in [6.07, 6.45) is 5.04. The van der Waals surface area contributed by atoms with Crippen LogP contribution in [0.1, 0.15) is 37.3 Å². The van der Waals surface area contributed by atoms with Gasteiger partial charge in [-0.2, -0.15) is 0 Å². The van der Waals surface area contributed by atoms with Gasteiger partial charge in [-0.3, -0.25) is 0 Å². The average Bonchev–Trinajstić information content (AvgIpc) is 2.39. The molecule has 2 nitrogen and oxygen atoms in total. The lowest BCUT2D eigenvalue weighted by Crippen LogP contribution is -2.31. The van der Waals surface area contributed by atoms with Crippen molar-refractivity contribution < 1.29 is 4.74 Å². The zero-order valence-electron chi connectivity index (χ0n) is 12.5. The molecule has 1 aliphatic carbocycles. The first-order valence-electron chi connectivity index (χ1n) is 7.47. The topological polar surface area (TPSA) is 35.2 Å². The first-order valence-corrected chi connectivity index (χ1v) is 7.47. The molecule has 1 aromatic rings. The summed E-state index contributed by atoms with van der Waals surface area (Å²) in [7, 11) is 1.76. The fourth-order valence-corrected chi connectivity index (χ4v) is 3.47. The van der Waals surface area contributed by atoms with E-state index in [1.807, 2.05) is 0 Å². The maximum Gasteiger partial charge on any atom is 0.122 e. The second kappa shape index (κ2) is 6.42. The lowest BCUT2D eigenvalue weighted by molar-refractivity contribution is 0.192. The smallest absolute Gasteiger partial charge is 0.122 e. The number of hydrogen-bond donors (Lipinski definition) is 1. The predicted octanol–water partition coefficient (Wildman–Crippen LogP) is 3.56. The maximum atomic E-state index is 5.96. The summed E-state index contributed by atoms with van der Waals surface area (Å²) in [5, 5.41) is 0. The summed E-state index contributed by atoms with van der Waals surface area (Å²) in [5.74, 6) is 3.26. The van der Waals surface area contributed by atoms with Crippen LogP contribution < -0.4 is 10.5 Å². The molecular weight excluding hydrogens is 234 g/mol. The molecule has 0 bridgehead atoms. The molecule has 0 spiro atoms. The van der Waals surface area contributed by atoms with Gasteiger partial charge in [0.05, 0.1) is 7.11 Å². The summed E-state index contributed by atoms with van der Waals surface area (Å²) < 4.78 is 5.51. The number of methoxy groups -OCH3 is 1. The minimum atomic E-state index is 0.682. The molecule has 1 saturated carbocycles. The van der Waals surface area contributed by atoms with Crippen LogP contribution in [0.2, 0.25) is 0 Å². The van der Waals surface area contributed by atoms with Crippen LogP contribution in [-0.4, -0.2) is 13.7 Å². The minimum Gasteiger partial charge on any atom is -0.496 e. The molecule has 0 radical (unpaired) electrons. The molecule has 1 aromatic carbocycles. The van der Waals surface area contributed by atoms with Gasteiger partial charge in [-0.1, -0.05) is 31.0 Å². The van der Waals surface area contributed by atoms with Gasteiger partial charge in [0.25, 0.3) is 0 Å². The Labute approximate surface area is 117 Å². The third-order valence-corrected chi connectivity index (χ3v) is 4.62. The Balaban J connectivity index is 2.16. The highest BCUT2D eigenvalue weighted by Crippen LogP contribution is 2.37. The molecule has 1 fully saturated rings. The van der Waals surface area contributed by atoms with Crippen molar-refractivity contribution in [2.45, 2.75) is 39.5 Å². The second-order valence-electron chi connectivity index (χ2n) is 6.19. The van der Waals surface area contributed by atoms with Crippen molar-refractivity contribution >= 4 is 0 Å². The molecule has 106 valence electrons. The highest BCUT2D eigenvalue weighted by molar-refractivity contribution is 5.37. The van der Waals surface area contributed by atoms with Crippen LogP contribution in [0, 0.1) is 24.7 Å². The molecule has 1 aliphatic rings. The van der Waals surface area contributed by atoms with Gasteiger partial charge in [0.1, 0.15) is 5.75 Å². The van der Waals surface area contributed by atoms with Gasteiger partial charge in [0, 0.05) is 0 Å². The number of rotatable bonds is 4. The summed E-state index contributed by atoms with van der Waals surface area (Å²) >= 11 is 0. The van der Waals surface area contributed by atoms with E-state index in [1.165, 1.54) is 30.4 Å². The van der Waals surface area contributed by atoms with Crippen molar-refractivity contribution in [3.63, 3.8) is 0 Å². The van der Waals surface area contributed by atoms with Crippen molar-refractivity contribution in [2.24, 2.45) is 23.5 Å². The predicted molar refractivity (Wildman–Crippen MR) is 80.5 cm³/mol. The van der Waals surface area contributed by atoms with E-state index in [0.717, 1.165) is 24.6 Å². The number of hydrogen-bond acceptors (Lipinski definition) is 2. The van der Waals surface area contributed by atoms with Crippen molar-refractivity contribution in [3.05, 3.63) is 29.3 Å². The highest BCUT2D eigenvalue weighted by atomic mass is 16.5. The summed E-state index contributed by atoms with van der Waals surface area (Å²) in [6.45, 7) is 5.34. The fourth-order valence-electron chi connectivity index (χ4n) is 3.47. The normalized spacial score (nSPS) is 27.3. The second-order valence-corrected chi connectivity index (χ2v) is 6.19. The molecule has 2 rings (SSSR count). The summed E-state index contributed by atoms with van der Waals surface area (Å²) in [6, 6.07) is 6.48. The van der Waals surface area contributed by atoms with Gasteiger partial charge >= 0.3 is 0 Å². The van der Waals surface area contributed by atoms with Crippen molar-refractivity contribution in [3.8, 4) is 5.75 Å². The van der Waals surface area contributed by atoms with E-state index < -0.39 is 0 Å². The Morgan fingerprint density at radius 3 is 2.74 bits per heavy atom. The van der Waals surface area contributed by atoms with Crippen LogP contribution >= 0.6 is 0 Å². The maximum absolute atomic E-state index is 5.96. The van der Waals surface area contributed by atoms with Gasteiger partial charge in [-0.15, -0.1) is 0 Å². The van der Waals surface area contributed by atoms with E-state index in [9.17, 15) is 0 Å². The monoisotopic (exact) mass is 261 g/mol. The Kier molecular flexibility index (Phi) is 4.87. The van der Waals surface area contributed by atoms with Crippen LogP contribution in [0.15, 0.2) is 18.2 Å². The lowest BCUT2D eigenvalue weighted by Gasteiger charge is -2.34. The fraction of sp³-hybridized carbons (Fsp3) is 0.647. The molecule has 2 heteroatoms. The quantitative estimate of drug-likeness (QED) is 0.899. The third kappa shape index (κ3) is 3.50. The van der Waals surface area contributed by atoms with Crippen LogP contribution in [-0.2, 0) is 6.42 Å². The zero-order chi connectivity index (χ0) is 13.8. The Morgan fingerprint density at radius 2 is 2.05 bits per heavy atom. The molecule has 0 aromatic heterocycles. The van der Waals surface area contributed by atoms with Crippen LogP contribution in [0.25, 0.3) is 0 Å². The minimum absolute atomic E-state index is 0.682. The van der Waals surface area contributed by atoms with Gasteiger partial charge < -0.3 is 10.5 Å². The van der Waals surface area contributed by atoms with Crippen molar-refractivity contribution in [1.82, 2.24) is 0 Å². The highest BCUT2D eigenvalue weighted by Gasteiger charge is 2.28. The van der Waals surface area contributed by atoms with Crippen molar-refractivity contribution in [1.29, 1.82) is 0 Å². The van der Waals surface area contributed by atoms with E-state index in [2.05, 4.69) is 32.0 Å². The van der Waals surface area contributed by atoms with Crippen LogP contribution in [0.3, 0.4) is 0 Å². The molecule has 0 amide bonds. The third-order valence-electron chi connectivity index (χ3n) is 4.62. The van der Waals surface area contributed by atoms with Gasteiger partial charge in [0.15, 0.2) is 0 Å². The summed E-state index contributed by atoms with van der Waals surface area (Å²) in [4.78, 5) is 0. The lowest BCUT2D eigenvalue weighted by atomic mass is 9.72. The van der Waals surface area contributed by atoms with E-state index in [1.54, 1.807) is 7.11 Å². The van der Waals surface area contributed by atoms with Gasteiger partial charge in [0.2, 0.25) is 0 Å². The Morgan fingerprint density at radius 1 is 1.26 bits per heavy atom.